The number of esters is 1. The minimum Gasteiger partial charge on any atom is -0.465 e. The summed E-state index contributed by atoms with van der Waals surface area (Å²) >= 11 is 0. The number of ketones is 1. The van der Waals surface area contributed by atoms with E-state index in [-0.39, 0.29) is 5.78 Å². The van der Waals surface area contributed by atoms with E-state index >= 15 is 0 Å². The molecule has 0 aliphatic carbocycles. The molecule has 0 bridgehead atoms. The van der Waals surface area contributed by atoms with Crippen LogP contribution in [-0.2, 0) is 9.47 Å². The van der Waals surface area contributed by atoms with Crippen molar-refractivity contribution in [2.45, 2.75) is 51.4 Å². The highest BCUT2D eigenvalue weighted by molar-refractivity contribution is 6.02. The first-order valence-electron chi connectivity index (χ1n) is 8.54. The number of hydrogen-bond donors (Lipinski definition) is 1. The Hall–Kier alpha value is -2.41. The monoisotopic (exact) mass is 363 g/mol. The number of aliphatic hydroxyl groups excluding tert-OH is 1. The van der Waals surface area contributed by atoms with Gasteiger partial charge in [0.15, 0.2) is 5.78 Å². The summed E-state index contributed by atoms with van der Waals surface area (Å²) in [6.07, 6.45) is -0.577. The maximum absolute atomic E-state index is 12.9. The first-order chi connectivity index (χ1) is 12.1. The largest absolute Gasteiger partial charge is 0.465 e. The molecule has 7 nitrogen and oxygen atoms in total. The third-order valence-electron chi connectivity index (χ3n) is 4.09. The number of rotatable bonds is 3. The number of carbonyl (C=O) groups excluding carboxylic acids is 3. The summed E-state index contributed by atoms with van der Waals surface area (Å²) in [6, 6.07) is 4.92. The summed E-state index contributed by atoms with van der Waals surface area (Å²) in [7, 11) is 1.28. The van der Waals surface area contributed by atoms with Gasteiger partial charge in [-0.05, 0) is 45.7 Å². The van der Waals surface area contributed by atoms with E-state index in [0.717, 1.165) is 0 Å². The maximum atomic E-state index is 12.9. The van der Waals surface area contributed by atoms with Crippen molar-refractivity contribution in [2.75, 3.05) is 13.7 Å². The molecular weight excluding hydrogens is 338 g/mol. The van der Waals surface area contributed by atoms with Crippen molar-refractivity contribution in [1.29, 1.82) is 0 Å². The van der Waals surface area contributed by atoms with Gasteiger partial charge in [-0.1, -0.05) is 12.1 Å². The summed E-state index contributed by atoms with van der Waals surface area (Å²) in [5.74, 6) is -0.892. The fraction of sp³-hybridized carbons (Fsp3) is 0.526. The minimum atomic E-state index is -1.01. The normalized spacial score (nSPS) is 20.4. The first-order valence-corrected chi connectivity index (χ1v) is 8.54. The quantitative estimate of drug-likeness (QED) is 0.655. The van der Waals surface area contributed by atoms with E-state index < -0.39 is 29.8 Å². The second-order valence-corrected chi connectivity index (χ2v) is 7.26. The first kappa shape index (κ1) is 19.9. The van der Waals surface area contributed by atoms with E-state index in [0.29, 0.717) is 30.5 Å². The average molecular weight is 363 g/mol. The maximum Gasteiger partial charge on any atom is 0.411 e. The van der Waals surface area contributed by atoms with Crippen molar-refractivity contribution in [3.63, 3.8) is 0 Å². The van der Waals surface area contributed by atoms with Crippen molar-refractivity contribution in [3.05, 3.63) is 35.4 Å². The van der Waals surface area contributed by atoms with E-state index in [4.69, 9.17) is 4.74 Å². The third kappa shape index (κ3) is 4.60. The summed E-state index contributed by atoms with van der Waals surface area (Å²) in [5, 5.41) is 10.4. The number of benzene rings is 1. The number of amides is 1. The van der Waals surface area contributed by atoms with Gasteiger partial charge in [0, 0.05) is 12.1 Å². The van der Waals surface area contributed by atoms with Gasteiger partial charge < -0.3 is 14.6 Å². The standard InChI is InChI=1S/C19H25NO6/c1-19(2,3)26-18(24)20-11-5-6-14(21)15(20)16(22)12-7-9-13(10-8-12)17(23)25-4/h7-10,14-15,21H,5-6,11H2,1-4H3/t14?,15-/m1/s1. The summed E-state index contributed by atoms with van der Waals surface area (Å²) in [5.41, 5.74) is -0.0793. The van der Waals surface area contributed by atoms with Crippen molar-refractivity contribution < 1.29 is 29.0 Å². The van der Waals surface area contributed by atoms with Gasteiger partial charge in [0.2, 0.25) is 0 Å². The Morgan fingerprint density at radius 3 is 2.23 bits per heavy atom. The molecule has 1 N–H and O–H groups in total. The molecule has 1 aromatic rings. The lowest BCUT2D eigenvalue weighted by Crippen LogP contribution is -2.56. The van der Waals surface area contributed by atoms with Crippen LogP contribution in [0.15, 0.2) is 24.3 Å². The Morgan fingerprint density at radius 2 is 1.69 bits per heavy atom. The van der Waals surface area contributed by atoms with Crippen LogP contribution in [-0.4, -0.2) is 59.3 Å². The SMILES string of the molecule is COC(=O)c1ccc(C(=O)[C@H]2C(O)CCCN2C(=O)OC(C)(C)C)cc1. The number of likely N-dealkylation sites (tertiary alicyclic amines) is 1. The van der Waals surface area contributed by atoms with Crippen LogP contribution in [0.5, 0.6) is 0 Å². The molecule has 1 aromatic carbocycles. The molecule has 1 heterocycles. The zero-order chi connectivity index (χ0) is 19.5. The van der Waals surface area contributed by atoms with Crippen molar-refractivity contribution in [2.24, 2.45) is 0 Å². The number of nitrogens with zero attached hydrogens (tertiary/aromatic N) is 1. The van der Waals surface area contributed by atoms with Gasteiger partial charge in [-0.3, -0.25) is 9.69 Å². The van der Waals surface area contributed by atoms with Crippen LogP contribution >= 0.6 is 0 Å². The highest BCUT2D eigenvalue weighted by Crippen LogP contribution is 2.24. The number of methoxy groups -OCH3 is 1. The van der Waals surface area contributed by atoms with E-state index in [1.165, 1.54) is 36.3 Å². The molecule has 7 heteroatoms. The number of hydrogen-bond acceptors (Lipinski definition) is 6. The average Bonchev–Trinajstić information content (AvgIpc) is 2.59. The highest BCUT2D eigenvalue weighted by atomic mass is 16.6. The number of ether oxygens (including phenoxy) is 2. The number of piperidine rings is 1. The summed E-state index contributed by atoms with van der Waals surface area (Å²) in [6.45, 7) is 5.57. The predicted octanol–water partition coefficient (Wildman–Crippen LogP) is 2.42. The summed E-state index contributed by atoms with van der Waals surface area (Å²) < 4.78 is 10.0. The Labute approximate surface area is 152 Å². The molecule has 0 spiro atoms. The van der Waals surface area contributed by atoms with E-state index in [2.05, 4.69) is 4.74 Å². The number of Topliss-reactive ketones (excluding diaryl/α,β-unsaturated/α-hetero) is 1. The molecule has 0 aromatic heterocycles. The lowest BCUT2D eigenvalue weighted by Gasteiger charge is -2.38. The third-order valence-corrected chi connectivity index (χ3v) is 4.09. The Balaban J connectivity index is 2.24. The Morgan fingerprint density at radius 1 is 1.12 bits per heavy atom. The zero-order valence-electron chi connectivity index (χ0n) is 15.5. The lowest BCUT2D eigenvalue weighted by molar-refractivity contribution is -0.0174. The molecule has 0 radical (unpaired) electrons. The van der Waals surface area contributed by atoms with Gasteiger partial charge in [0.25, 0.3) is 0 Å². The number of aliphatic hydroxyl groups is 1. The van der Waals surface area contributed by atoms with Gasteiger partial charge in [-0.25, -0.2) is 9.59 Å². The minimum absolute atomic E-state index is 0.303. The van der Waals surface area contributed by atoms with Gasteiger partial charge in [-0.2, -0.15) is 0 Å². The highest BCUT2D eigenvalue weighted by Gasteiger charge is 2.40. The van der Waals surface area contributed by atoms with Crippen molar-refractivity contribution in [1.82, 2.24) is 4.90 Å². The Kier molecular flexibility index (Phi) is 6.02. The van der Waals surface area contributed by atoms with E-state index in [9.17, 15) is 19.5 Å². The van der Waals surface area contributed by atoms with Crippen LogP contribution in [0, 0.1) is 0 Å². The second kappa shape index (κ2) is 7.86. The van der Waals surface area contributed by atoms with Gasteiger partial charge in [0.05, 0.1) is 18.8 Å². The van der Waals surface area contributed by atoms with Gasteiger partial charge >= 0.3 is 12.1 Å². The summed E-state index contributed by atoms with van der Waals surface area (Å²) in [4.78, 5) is 38.2. The molecule has 2 rings (SSSR count). The molecular formula is C19H25NO6. The van der Waals surface area contributed by atoms with Crippen LogP contribution in [0.25, 0.3) is 0 Å². The van der Waals surface area contributed by atoms with Crippen LogP contribution in [0.4, 0.5) is 4.79 Å². The van der Waals surface area contributed by atoms with Crippen molar-refractivity contribution >= 4 is 17.8 Å². The van der Waals surface area contributed by atoms with Crippen molar-refractivity contribution in [3.8, 4) is 0 Å². The molecule has 0 saturated carbocycles. The molecule has 1 fully saturated rings. The predicted molar refractivity (Wildman–Crippen MR) is 94.1 cm³/mol. The zero-order valence-corrected chi connectivity index (χ0v) is 15.5. The molecule has 1 amide bonds. The fourth-order valence-corrected chi connectivity index (χ4v) is 2.88. The molecule has 2 atom stereocenters. The van der Waals surface area contributed by atoms with Gasteiger partial charge in [0.1, 0.15) is 11.6 Å². The molecule has 1 saturated heterocycles. The van der Waals surface area contributed by atoms with E-state index in [1.54, 1.807) is 20.8 Å². The Bertz CT molecular complexity index is 676. The fourth-order valence-electron chi connectivity index (χ4n) is 2.88. The van der Waals surface area contributed by atoms with Gasteiger partial charge in [-0.15, -0.1) is 0 Å². The molecule has 26 heavy (non-hydrogen) atoms. The smallest absolute Gasteiger partial charge is 0.411 e. The topological polar surface area (TPSA) is 93.1 Å². The van der Waals surface area contributed by atoms with Crippen LogP contribution in [0.3, 0.4) is 0 Å². The molecule has 1 aliphatic rings. The lowest BCUT2D eigenvalue weighted by atomic mass is 9.92. The molecule has 142 valence electrons. The van der Waals surface area contributed by atoms with E-state index in [1.807, 2.05) is 0 Å². The molecule has 1 aliphatic heterocycles. The van der Waals surface area contributed by atoms with Crippen LogP contribution in [0.2, 0.25) is 0 Å². The number of carbonyl (C=O) groups is 3. The second-order valence-electron chi connectivity index (χ2n) is 7.26. The molecule has 1 unspecified atom stereocenters. The van der Waals surface area contributed by atoms with Crippen LogP contribution in [0.1, 0.15) is 54.3 Å². The van der Waals surface area contributed by atoms with Crippen LogP contribution < -0.4 is 0 Å².